The summed E-state index contributed by atoms with van der Waals surface area (Å²) in [4.78, 5) is 12.2. The fraction of sp³-hybridized carbons (Fsp3) is 0.190. The average Bonchev–Trinajstić information content (AvgIpc) is 2.61. The first-order valence-electron chi connectivity index (χ1n) is 8.50. The number of fused-ring (bicyclic) bond motifs is 1. The molecule has 0 fully saturated rings. The zero-order chi connectivity index (χ0) is 18.5. The number of nitrogens with one attached hydrogen (secondary N) is 2. The predicted octanol–water partition coefficient (Wildman–Crippen LogP) is 4.82. The third-order valence-corrected chi connectivity index (χ3v) is 3.82. The van der Waals surface area contributed by atoms with Gasteiger partial charge in [0.15, 0.2) is 0 Å². The van der Waals surface area contributed by atoms with E-state index in [9.17, 15) is 9.18 Å². The van der Waals surface area contributed by atoms with E-state index in [0.717, 1.165) is 16.5 Å². The van der Waals surface area contributed by atoms with Crippen LogP contribution in [0, 0.1) is 5.82 Å². The van der Waals surface area contributed by atoms with Crippen molar-refractivity contribution in [1.82, 2.24) is 0 Å². The molecule has 3 aromatic carbocycles. The fourth-order valence-electron chi connectivity index (χ4n) is 2.69. The van der Waals surface area contributed by atoms with Crippen molar-refractivity contribution in [2.45, 2.75) is 20.0 Å². The molecule has 0 bridgehead atoms. The Morgan fingerprint density at radius 1 is 1.04 bits per heavy atom. The Hall–Kier alpha value is -3.08. The van der Waals surface area contributed by atoms with Gasteiger partial charge in [-0.3, -0.25) is 4.79 Å². The molecule has 0 heterocycles. The minimum Gasteiger partial charge on any atom is -0.491 e. The first-order valence-corrected chi connectivity index (χ1v) is 8.50. The third-order valence-electron chi connectivity index (χ3n) is 3.82. The molecule has 0 saturated carbocycles. The van der Waals surface area contributed by atoms with Gasteiger partial charge in [0.05, 0.1) is 18.3 Å². The van der Waals surface area contributed by atoms with Crippen molar-refractivity contribution in [3.05, 3.63) is 66.5 Å². The lowest BCUT2D eigenvalue weighted by Gasteiger charge is -2.13. The molecular weight excluding hydrogens is 331 g/mol. The van der Waals surface area contributed by atoms with Crippen molar-refractivity contribution in [2.24, 2.45) is 0 Å². The van der Waals surface area contributed by atoms with Gasteiger partial charge in [0.25, 0.3) is 0 Å². The molecule has 3 aromatic rings. The zero-order valence-electron chi connectivity index (χ0n) is 14.8. The predicted molar refractivity (Wildman–Crippen MR) is 103 cm³/mol. The summed E-state index contributed by atoms with van der Waals surface area (Å²) >= 11 is 0. The molecule has 0 aliphatic heterocycles. The van der Waals surface area contributed by atoms with Crippen LogP contribution in [0.15, 0.2) is 60.7 Å². The molecule has 2 N–H and O–H groups in total. The summed E-state index contributed by atoms with van der Waals surface area (Å²) in [5.74, 6) is -0.243. The van der Waals surface area contributed by atoms with Crippen LogP contribution in [0.3, 0.4) is 0 Å². The molecule has 1 amide bonds. The summed E-state index contributed by atoms with van der Waals surface area (Å²) in [6, 6.07) is 18.1. The second-order valence-electron chi connectivity index (χ2n) is 6.24. The Kier molecular flexibility index (Phi) is 5.37. The zero-order valence-corrected chi connectivity index (χ0v) is 14.8. The number of carbonyl (C=O) groups excluding carboxylic acids is 1. The quantitative estimate of drug-likeness (QED) is 0.669. The molecule has 0 atom stereocenters. The summed E-state index contributed by atoms with van der Waals surface area (Å²) < 4.78 is 19.6. The number of carbonyl (C=O) groups is 1. The first kappa shape index (κ1) is 17.7. The smallest absolute Gasteiger partial charge is 0.243 e. The number of benzene rings is 3. The molecular formula is C21H21FN2O2. The number of hydrogen-bond donors (Lipinski definition) is 2. The van der Waals surface area contributed by atoms with Gasteiger partial charge in [-0.15, -0.1) is 0 Å². The molecule has 3 rings (SSSR count). The number of rotatable bonds is 6. The van der Waals surface area contributed by atoms with Gasteiger partial charge >= 0.3 is 0 Å². The Morgan fingerprint density at radius 2 is 1.81 bits per heavy atom. The minimum atomic E-state index is -0.457. The van der Waals surface area contributed by atoms with E-state index in [-0.39, 0.29) is 24.2 Å². The molecule has 4 nitrogen and oxygen atoms in total. The van der Waals surface area contributed by atoms with Gasteiger partial charge in [-0.2, -0.15) is 0 Å². The van der Waals surface area contributed by atoms with E-state index >= 15 is 0 Å². The molecule has 0 aliphatic carbocycles. The molecule has 0 aromatic heterocycles. The van der Waals surface area contributed by atoms with Gasteiger partial charge in [-0.1, -0.05) is 36.4 Å². The van der Waals surface area contributed by atoms with Crippen LogP contribution in [0.5, 0.6) is 5.75 Å². The monoisotopic (exact) mass is 352 g/mol. The number of hydrogen-bond acceptors (Lipinski definition) is 3. The average molecular weight is 352 g/mol. The number of halogens is 1. The van der Waals surface area contributed by atoms with E-state index in [4.69, 9.17) is 4.74 Å². The maximum Gasteiger partial charge on any atom is 0.243 e. The molecule has 0 unspecified atom stereocenters. The summed E-state index contributed by atoms with van der Waals surface area (Å²) in [7, 11) is 0. The van der Waals surface area contributed by atoms with E-state index in [1.807, 2.05) is 56.3 Å². The van der Waals surface area contributed by atoms with E-state index in [1.165, 1.54) is 6.07 Å². The largest absolute Gasteiger partial charge is 0.491 e. The minimum absolute atomic E-state index is 0.0281. The van der Waals surface area contributed by atoms with Crippen LogP contribution in [0.25, 0.3) is 10.8 Å². The Bertz CT molecular complexity index is 920. The Balaban J connectivity index is 1.64. The van der Waals surface area contributed by atoms with Crippen molar-refractivity contribution in [2.75, 3.05) is 17.2 Å². The maximum atomic E-state index is 14.1. The van der Waals surface area contributed by atoms with Gasteiger partial charge in [0.1, 0.15) is 11.6 Å². The van der Waals surface area contributed by atoms with Crippen molar-refractivity contribution < 1.29 is 13.9 Å². The van der Waals surface area contributed by atoms with Crippen LogP contribution in [0.2, 0.25) is 0 Å². The SMILES string of the molecule is CC(C)Oc1ccc(NCC(=O)Nc2cccc3ccccc23)c(F)c1. The van der Waals surface area contributed by atoms with E-state index in [1.54, 1.807) is 12.1 Å². The lowest BCUT2D eigenvalue weighted by Crippen LogP contribution is -2.22. The summed E-state index contributed by atoms with van der Waals surface area (Å²) in [6.07, 6.45) is -0.0281. The van der Waals surface area contributed by atoms with Crippen molar-refractivity contribution in [1.29, 1.82) is 0 Å². The Morgan fingerprint density at radius 3 is 2.58 bits per heavy atom. The summed E-state index contributed by atoms with van der Waals surface area (Å²) in [5, 5.41) is 7.69. The highest BCUT2D eigenvalue weighted by Gasteiger charge is 2.09. The standard InChI is InChI=1S/C21H21FN2O2/c1-14(2)26-16-10-11-20(18(22)12-16)23-13-21(25)24-19-9-5-7-15-6-3-4-8-17(15)19/h3-12,14,23H,13H2,1-2H3,(H,24,25). The molecule has 0 spiro atoms. The van der Waals surface area contributed by atoms with Crippen LogP contribution in [0.1, 0.15) is 13.8 Å². The lowest BCUT2D eigenvalue weighted by molar-refractivity contribution is -0.114. The van der Waals surface area contributed by atoms with Gasteiger partial charge in [-0.25, -0.2) is 4.39 Å². The first-order chi connectivity index (χ1) is 12.5. The van der Waals surface area contributed by atoms with Gasteiger partial charge in [-0.05, 0) is 37.4 Å². The summed E-state index contributed by atoms with van der Waals surface area (Å²) in [5.41, 5.74) is 0.991. The highest BCUT2D eigenvalue weighted by Crippen LogP contribution is 2.23. The number of anilines is 2. The lowest BCUT2D eigenvalue weighted by atomic mass is 10.1. The maximum absolute atomic E-state index is 14.1. The van der Waals surface area contributed by atoms with Crippen molar-refractivity contribution >= 4 is 28.1 Å². The van der Waals surface area contributed by atoms with Crippen molar-refractivity contribution in [3.63, 3.8) is 0 Å². The van der Waals surface area contributed by atoms with Gasteiger partial charge in [0.2, 0.25) is 5.91 Å². The topological polar surface area (TPSA) is 50.4 Å². The molecule has 5 heteroatoms. The van der Waals surface area contributed by atoms with Crippen molar-refractivity contribution in [3.8, 4) is 5.75 Å². The van der Waals surface area contributed by atoms with E-state index in [0.29, 0.717) is 5.75 Å². The van der Waals surface area contributed by atoms with E-state index in [2.05, 4.69) is 10.6 Å². The molecule has 0 radical (unpaired) electrons. The summed E-state index contributed by atoms with van der Waals surface area (Å²) in [6.45, 7) is 3.72. The molecule has 26 heavy (non-hydrogen) atoms. The van der Waals surface area contributed by atoms with Gasteiger partial charge < -0.3 is 15.4 Å². The highest BCUT2D eigenvalue weighted by atomic mass is 19.1. The number of ether oxygens (including phenoxy) is 1. The molecule has 0 saturated heterocycles. The fourth-order valence-corrected chi connectivity index (χ4v) is 2.69. The second-order valence-corrected chi connectivity index (χ2v) is 6.24. The second kappa shape index (κ2) is 7.87. The number of amides is 1. The van der Waals surface area contributed by atoms with Crippen LogP contribution in [0.4, 0.5) is 15.8 Å². The van der Waals surface area contributed by atoms with Crippen LogP contribution >= 0.6 is 0 Å². The highest BCUT2D eigenvalue weighted by molar-refractivity contribution is 6.03. The normalized spacial score (nSPS) is 10.8. The molecule has 134 valence electrons. The van der Waals surface area contributed by atoms with Crippen LogP contribution in [-0.2, 0) is 4.79 Å². The Labute approximate surface area is 152 Å². The van der Waals surface area contributed by atoms with Crippen LogP contribution in [-0.4, -0.2) is 18.6 Å². The van der Waals surface area contributed by atoms with Gasteiger partial charge in [0, 0.05) is 17.1 Å². The third kappa shape index (κ3) is 4.30. The molecule has 0 aliphatic rings. The van der Waals surface area contributed by atoms with E-state index < -0.39 is 5.82 Å². The van der Waals surface area contributed by atoms with Crippen LogP contribution < -0.4 is 15.4 Å².